The summed E-state index contributed by atoms with van der Waals surface area (Å²) in [6.07, 6.45) is 0.979. The van der Waals surface area contributed by atoms with E-state index in [1.807, 2.05) is 20.8 Å². The lowest BCUT2D eigenvalue weighted by Crippen LogP contribution is -2.33. The molecule has 16 heavy (non-hydrogen) atoms. The SMILES string of the molecule is CCC(C#N)(CC)C(=O)Nc1nnc(C)s1. The molecular weight excluding hydrogens is 224 g/mol. The van der Waals surface area contributed by atoms with E-state index >= 15 is 0 Å². The molecule has 0 aromatic carbocycles. The van der Waals surface area contributed by atoms with Crippen LogP contribution < -0.4 is 5.32 Å². The molecule has 0 bridgehead atoms. The Kier molecular flexibility index (Phi) is 3.96. The molecule has 0 aliphatic heterocycles. The molecule has 6 heteroatoms. The largest absolute Gasteiger partial charge is 0.299 e. The maximum Gasteiger partial charge on any atom is 0.246 e. The Morgan fingerprint density at radius 3 is 2.50 bits per heavy atom. The molecule has 1 amide bonds. The van der Waals surface area contributed by atoms with E-state index < -0.39 is 5.41 Å². The molecule has 86 valence electrons. The zero-order chi connectivity index (χ0) is 12.2. The fourth-order valence-electron chi connectivity index (χ4n) is 1.34. The molecule has 5 nitrogen and oxygen atoms in total. The Morgan fingerprint density at radius 1 is 1.50 bits per heavy atom. The van der Waals surface area contributed by atoms with Crippen LogP contribution in [0.15, 0.2) is 0 Å². The number of carbonyl (C=O) groups is 1. The van der Waals surface area contributed by atoms with Gasteiger partial charge in [-0.15, -0.1) is 10.2 Å². The number of aryl methyl sites for hydroxylation is 1. The molecule has 0 radical (unpaired) electrons. The highest BCUT2D eigenvalue weighted by Gasteiger charge is 2.35. The maximum absolute atomic E-state index is 11.9. The topological polar surface area (TPSA) is 78.7 Å². The number of hydrogen-bond acceptors (Lipinski definition) is 5. The van der Waals surface area contributed by atoms with Gasteiger partial charge in [0.2, 0.25) is 11.0 Å². The Labute approximate surface area is 98.5 Å². The van der Waals surface area contributed by atoms with Crippen molar-refractivity contribution in [2.24, 2.45) is 5.41 Å². The molecule has 1 heterocycles. The van der Waals surface area contributed by atoms with Crippen molar-refractivity contribution in [2.75, 3.05) is 5.32 Å². The van der Waals surface area contributed by atoms with Crippen LogP contribution in [0.2, 0.25) is 0 Å². The quantitative estimate of drug-likeness (QED) is 0.871. The summed E-state index contributed by atoms with van der Waals surface area (Å²) in [4.78, 5) is 11.9. The van der Waals surface area contributed by atoms with Crippen LogP contribution in [0.25, 0.3) is 0 Å². The Bertz CT molecular complexity index is 417. The summed E-state index contributed by atoms with van der Waals surface area (Å²) in [6.45, 7) is 5.47. The van der Waals surface area contributed by atoms with Crippen LogP contribution in [0.4, 0.5) is 5.13 Å². The summed E-state index contributed by atoms with van der Waals surface area (Å²) >= 11 is 1.30. The molecule has 0 unspecified atom stereocenters. The number of hydrogen-bond donors (Lipinski definition) is 1. The number of amides is 1. The van der Waals surface area contributed by atoms with Gasteiger partial charge in [0.25, 0.3) is 0 Å². The number of aromatic nitrogens is 2. The molecule has 0 aliphatic carbocycles. The highest BCUT2D eigenvalue weighted by molar-refractivity contribution is 7.15. The van der Waals surface area contributed by atoms with Crippen molar-refractivity contribution in [1.82, 2.24) is 10.2 Å². The maximum atomic E-state index is 11.9. The van der Waals surface area contributed by atoms with Gasteiger partial charge in [-0.05, 0) is 19.8 Å². The van der Waals surface area contributed by atoms with Gasteiger partial charge >= 0.3 is 0 Å². The lowest BCUT2D eigenvalue weighted by atomic mass is 9.83. The number of nitriles is 1. The first-order valence-electron chi connectivity index (χ1n) is 5.10. The normalized spacial score (nSPS) is 10.9. The average Bonchev–Trinajstić information content (AvgIpc) is 2.67. The van der Waals surface area contributed by atoms with Gasteiger partial charge in [0.05, 0.1) is 6.07 Å². The second-order valence-corrected chi connectivity index (χ2v) is 4.66. The number of nitrogens with zero attached hydrogens (tertiary/aromatic N) is 3. The highest BCUT2D eigenvalue weighted by atomic mass is 32.1. The first-order chi connectivity index (χ1) is 7.57. The molecule has 1 rings (SSSR count). The van der Waals surface area contributed by atoms with Crippen LogP contribution in [0, 0.1) is 23.7 Å². The monoisotopic (exact) mass is 238 g/mol. The molecular formula is C10H14N4OS. The summed E-state index contributed by atoms with van der Waals surface area (Å²) in [5.74, 6) is -0.295. The van der Waals surface area contributed by atoms with Crippen LogP contribution in [-0.4, -0.2) is 16.1 Å². The highest BCUT2D eigenvalue weighted by Crippen LogP contribution is 2.27. The number of rotatable bonds is 4. The van der Waals surface area contributed by atoms with Gasteiger partial charge in [0, 0.05) is 0 Å². The molecule has 0 saturated heterocycles. The summed E-state index contributed by atoms with van der Waals surface area (Å²) in [7, 11) is 0. The standard InChI is InChI=1S/C10H14N4OS/c1-4-10(5-2,6-11)8(15)12-9-14-13-7(3)16-9/h4-5H2,1-3H3,(H,12,14,15). The Hall–Kier alpha value is -1.48. The van der Waals surface area contributed by atoms with E-state index in [9.17, 15) is 4.79 Å². The predicted octanol–water partition coefficient (Wildman–Crippen LogP) is 2.11. The van der Waals surface area contributed by atoms with Crippen molar-refractivity contribution in [3.05, 3.63) is 5.01 Å². The summed E-state index contributed by atoms with van der Waals surface area (Å²) in [5.41, 5.74) is -0.959. The average molecular weight is 238 g/mol. The smallest absolute Gasteiger partial charge is 0.246 e. The zero-order valence-corrected chi connectivity index (χ0v) is 10.4. The van der Waals surface area contributed by atoms with E-state index in [1.54, 1.807) is 0 Å². The fraction of sp³-hybridized carbons (Fsp3) is 0.600. The van der Waals surface area contributed by atoms with Crippen molar-refractivity contribution < 1.29 is 4.79 Å². The summed E-state index contributed by atoms with van der Waals surface area (Å²) < 4.78 is 0. The molecule has 1 N–H and O–H groups in total. The van der Waals surface area contributed by atoms with Crippen molar-refractivity contribution in [2.45, 2.75) is 33.6 Å². The minimum atomic E-state index is -0.959. The molecule has 0 atom stereocenters. The van der Waals surface area contributed by atoms with Crippen LogP contribution in [0.1, 0.15) is 31.7 Å². The van der Waals surface area contributed by atoms with Gasteiger partial charge in [-0.3, -0.25) is 10.1 Å². The van der Waals surface area contributed by atoms with E-state index in [2.05, 4.69) is 21.6 Å². The zero-order valence-electron chi connectivity index (χ0n) is 9.57. The van der Waals surface area contributed by atoms with Crippen LogP contribution in [0.3, 0.4) is 0 Å². The van der Waals surface area contributed by atoms with Crippen molar-refractivity contribution >= 4 is 22.4 Å². The summed E-state index contributed by atoms with van der Waals surface area (Å²) in [5, 5.41) is 20.6. The van der Waals surface area contributed by atoms with E-state index in [1.165, 1.54) is 11.3 Å². The molecule has 0 fully saturated rings. The second kappa shape index (κ2) is 5.03. The van der Waals surface area contributed by atoms with Gasteiger partial charge < -0.3 is 0 Å². The molecule has 0 spiro atoms. The Morgan fingerprint density at radius 2 is 2.12 bits per heavy atom. The van der Waals surface area contributed by atoms with Crippen molar-refractivity contribution in [3.63, 3.8) is 0 Å². The second-order valence-electron chi connectivity index (χ2n) is 3.48. The van der Waals surface area contributed by atoms with E-state index in [-0.39, 0.29) is 5.91 Å². The van der Waals surface area contributed by atoms with Gasteiger partial charge in [-0.1, -0.05) is 25.2 Å². The van der Waals surface area contributed by atoms with Gasteiger partial charge in [-0.25, -0.2) is 0 Å². The van der Waals surface area contributed by atoms with Gasteiger partial charge in [0.1, 0.15) is 10.4 Å². The van der Waals surface area contributed by atoms with Crippen LogP contribution in [0.5, 0.6) is 0 Å². The van der Waals surface area contributed by atoms with Crippen molar-refractivity contribution in [1.29, 1.82) is 5.26 Å². The Balaban J connectivity index is 2.82. The van der Waals surface area contributed by atoms with Gasteiger partial charge in [-0.2, -0.15) is 5.26 Å². The van der Waals surface area contributed by atoms with Gasteiger partial charge in [0.15, 0.2) is 0 Å². The van der Waals surface area contributed by atoms with E-state index in [0.29, 0.717) is 18.0 Å². The third kappa shape index (κ3) is 2.36. The molecule has 0 aliphatic rings. The minimum absolute atomic E-state index is 0.295. The first-order valence-corrected chi connectivity index (χ1v) is 5.92. The van der Waals surface area contributed by atoms with E-state index in [0.717, 1.165) is 5.01 Å². The lowest BCUT2D eigenvalue weighted by molar-refractivity contribution is -0.123. The number of anilines is 1. The molecule has 0 saturated carbocycles. The first kappa shape index (κ1) is 12.6. The van der Waals surface area contributed by atoms with E-state index in [4.69, 9.17) is 5.26 Å². The fourth-order valence-corrected chi connectivity index (χ4v) is 1.93. The third-order valence-corrected chi connectivity index (χ3v) is 3.36. The third-order valence-electron chi connectivity index (χ3n) is 2.60. The lowest BCUT2D eigenvalue weighted by Gasteiger charge is -2.20. The van der Waals surface area contributed by atoms with Crippen LogP contribution in [-0.2, 0) is 4.79 Å². The van der Waals surface area contributed by atoms with Crippen LogP contribution >= 0.6 is 11.3 Å². The number of nitrogens with one attached hydrogen (secondary N) is 1. The predicted molar refractivity (Wildman–Crippen MR) is 61.9 cm³/mol. The molecule has 1 aromatic heterocycles. The number of carbonyl (C=O) groups excluding carboxylic acids is 1. The van der Waals surface area contributed by atoms with Crippen molar-refractivity contribution in [3.8, 4) is 6.07 Å². The molecule has 1 aromatic rings. The summed E-state index contributed by atoms with van der Waals surface area (Å²) in [6, 6.07) is 2.09. The minimum Gasteiger partial charge on any atom is -0.299 e.